The summed E-state index contributed by atoms with van der Waals surface area (Å²) < 4.78 is 45.0. The zero-order chi connectivity index (χ0) is 22.3. The van der Waals surface area contributed by atoms with E-state index in [9.17, 15) is 17.6 Å². The van der Waals surface area contributed by atoms with Gasteiger partial charge in [0.25, 0.3) is 0 Å². The highest BCUT2D eigenvalue weighted by Gasteiger charge is 2.35. The number of amides is 1. The summed E-state index contributed by atoms with van der Waals surface area (Å²) in [5, 5.41) is 2.70. The molecule has 1 unspecified atom stereocenters. The standard InChI is InChI=1S/C21H24ClFN2O4S/c1-13-5-8-19-15(9-13)18(11-21(2,3)29-19)24-20(26)12-25(30(4,27)28)14-6-7-17(23)16(22)10-14/h5-10,18H,11-12H2,1-4H3,(H,24,26). The first-order chi connectivity index (χ1) is 13.9. The minimum Gasteiger partial charge on any atom is -0.487 e. The van der Waals surface area contributed by atoms with Crippen molar-refractivity contribution in [2.45, 2.75) is 38.8 Å². The molecule has 0 spiro atoms. The Hall–Kier alpha value is -2.32. The van der Waals surface area contributed by atoms with Gasteiger partial charge in [-0.25, -0.2) is 12.8 Å². The fraction of sp³-hybridized carbons (Fsp3) is 0.381. The molecule has 1 N–H and O–H groups in total. The van der Waals surface area contributed by atoms with Crippen LogP contribution < -0.4 is 14.4 Å². The highest BCUT2D eigenvalue weighted by atomic mass is 35.5. The number of nitrogens with zero attached hydrogens (tertiary/aromatic N) is 1. The molecular weight excluding hydrogens is 431 g/mol. The topological polar surface area (TPSA) is 75.7 Å². The zero-order valence-electron chi connectivity index (χ0n) is 17.2. The number of fused-ring (bicyclic) bond motifs is 1. The Morgan fingerprint density at radius 1 is 1.30 bits per heavy atom. The van der Waals surface area contributed by atoms with Crippen LogP contribution in [0.15, 0.2) is 36.4 Å². The van der Waals surface area contributed by atoms with Crippen LogP contribution in [0.5, 0.6) is 5.75 Å². The minimum atomic E-state index is -3.81. The lowest BCUT2D eigenvalue weighted by molar-refractivity contribution is -0.120. The molecule has 0 aliphatic carbocycles. The summed E-state index contributed by atoms with van der Waals surface area (Å²) in [5.74, 6) is -0.474. The van der Waals surface area contributed by atoms with Gasteiger partial charge < -0.3 is 10.1 Å². The van der Waals surface area contributed by atoms with Crippen LogP contribution in [0.2, 0.25) is 5.02 Å². The third-order valence-corrected chi connectivity index (χ3v) is 6.27. The smallest absolute Gasteiger partial charge is 0.241 e. The summed E-state index contributed by atoms with van der Waals surface area (Å²) in [6, 6.07) is 8.93. The maximum atomic E-state index is 13.5. The van der Waals surface area contributed by atoms with E-state index in [1.165, 1.54) is 12.1 Å². The summed E-state index contributed by atoms with van der Waals surface area (Å²) in [4.78, 5) is 12.8. The number of carbonyl (C=O) groups excluding carboxylic acids is 1. The van der Waals surface area contributed by atoms with Crippen LogP contribution in [0.25, 0.3) is 0 Å². The van der Waals surface area contributed by atoms with E-state index in [1.807, 2.05) is 39.0 Å². The van der Waals surface area contributed by atoms with Gasteiger partial charge in [-0.15, -0.1) is 0 Å². The summed E-state index contributed by atoms with van der Waals surface area (Å²) in [5.41, 5.74) is 1.48. The van der Waals surface area contributed by atoms with Gasteiger partial charge in [0.05, 0.1) is 23.0 Å². The molecule has 1 amide bonds. The van der Waals surface area contributed by atoms with E-state index in [4.69, 9.17) is 16.3 Å². The third kappa shape index (κ3) is 5.05. The molecule has 0 aromatic heterocycles. The predicted octanol–water partition coefficient (Wildman–Crippen LogP) is 3.97. The molecule has 9 heteroatoms. The van der Waals surface area contributed by atoms with Gasteiger partial charge in [-0.3, -0.25) is 9.10 Å². The number of nitrogens with one attached hydrogen (secondary N) is 1. The molecular formula is C21H24ClFN2O4S. The third-order valence-electron chi connectivity index (χ3n) is 4.84. The molecule has 6 nitrogen and oxygen atoms in total. The average Bonchev–Trinajstić information content (AvgIpc) is 2.61. The van der Waals surface area contributed by atoms with Crippen molar-refractivity contribution in [3.63, 3.8) is 0 Å². The molecule has 2 aromatic rings. The number of hydrogen-bond acceptors (Lipinski definition) is 4. The number of hydrogen-bond donors (Lipinski definition) is 1. The average molecular weight is 455 g/mol. The fourth-order valence-corrected chi connectivity index (χ4v) is 4.54. The van der Waals surface area contributed by atoms with E-state index >= 15 is 0 Å². The summed E-state index contributed by atoms with van der Waals surface area (Å²) in [6.45, 7) is 5.35. The Morgan fingerprint density at radius 2 is 2.00 bits per heavy atom. The van der Waals surface area contributed by atoms with E-state index in [0.717, 1.165) is 27.8 Å². The molecule has 1 aliphatic heterocycles. The van der Waals surface area contributed by atoms with Gasteiger partial charge in [0.1, 0.15) is 23.7 Å². The van der Waals surface area contributed by atoms with Crippen LogP contribution in [0.3, 0.4) is 0 Å². The molecule has 0 saturated carbocycles. The van der Waals surface area contributed by atoms with Crippen molar-refractivity contribution in [1.29, 1.82) is 0 Å². The fourth-order valence-electron chi connectivity index (χ4n) is 3.51. The van der Waals surface area contributed by atoms with Crippen molar-refractivity contribution in [3.05, 3.63) is 58.4 Å². The maximum absolute atomic E-state index is 13.5. The van der Waals surface area contributed by atoms with E-state index in [-0.39, 0.29) is 16.8 Å². The van der Waals surface area contributed by atoms with Crippen molar-refractivity contribution in [1.82, 2.24) is 5.32 Å². The molecule has 0 saturated heterocycles. The summed E-state index contributed by atoms with van der Waals surface area (Å²) in [7, 11) is -3.81. The van der Waals surface area contributed by atoms with Gasteiger partial charge in [-0.2, -0.15) is 0 Å². The molecule has 0 fully saturated rings. The van der Waals surface area contributed by atoms with Gasteiger partial charge >= 0.3 is 0 Å². The van der Waals surface area contributed by atoms with Crippen LogP contribution in [0.1, 0.15) is 37.4 Å². The van der Waals surface area contributed by atoms with Crippen LogP contribution in [-0.2, 0) is 14.8 Å². The Morgan fingerprint density at radius 3 is 2.63 bits per heavy atom. The first-order valence-corrected chi connectivity index (χ1v) is 11.6. The highest BCUT2D eigenvalue weighted by Crippen LogP contribution is 2.39. The van der Waals surface area contributed by atoms with E-state index in [0.29, 0.717) is 12.2 Å². The lowest BCUT2D eigenvalue weighted by Gasteiger charge is -2.38. The van der Waals surface area contributed by atoms with Crippen LogP contribution in [-0.4, -0.2) is 32.7 Å². The molecule has 2 aromatic carbocycles. The lowest BCUT2D eigenvalue weighted by atomic mass is 9.89. The van der Waals surface area contributed by atoms with Gasteiger partial charge in [0.15, 0.2) is 0 Å². The molecule has 3 rings (SSSR count). The molecule has 1 atom stereocenters. The number of aryl methyl sites for hydroxylation is 1. The van der Waals surface area contributed by atoms with Crippen molar-refractivity contribution >= 4 is 33.2 Å². The van der Waals surface area contributed by atoms with Crippen LogP contribution in [0.4, 0.5) is 10.1 Å². The molecule has 1 aliphatic rings. The zero-order valence-corrected chi connectivity index (χ0v) is 18.8. The largest absolute Gasteiger partial charge is 0.487 e. The Balaban J connectivity index is 1.86. The van der Waals surface area contributed by atoms with E-state index in [1.54, 1.807) is 0 Å². The number of anilines is 1. The van der Waals surface area contributed by atoms with Crippen LogP contribution >= 0.6 is 11.6 Å². The van der Waals surface area contributed by atoms with Crippen molar-refractivity contribution in [2.24, 2.45) is 0 Å². The van der Waals surface area contributed by atoms with Crippen molar-refractivity contribution in [2.75, 3.05) is 17.1 Å². The van der Waals surface area contributed by atoms with Gasteiger partial charge in [-0.05, 0) is 45.0 Å². The highest BCUT2D eigenvalue weighted by molar-refractivity contribution is 7.92. The molecule has 1 heterocycles. The molecule has 0 bridgehead atoms. The van der Waals surface area contributed by atoms with E-state index in [2.05, 4.69) is 5.32 Å². The van der Waals surface area contributed by atoms with Gasteiger partial charge in [0, 0.05) is 12.0 Å². The SMILES string of the molecule is Cc1ccc2c(c1)C(NC(=O)CN(c1ccc(F)c(Cl)c1)S(C)(=O)=O)CC(C)(C)O2. The second kappa shape index (κ2) is 8.07. The number of rotatable bonds is 5. The number of halogens is 2. The minimum absolute atomic E-state index is 0.114. The quantitative estimate of drug-likeness (QED) is 0.741. The van der Waals surface area contributed by atoms with Crippen molar-refractivity contribution in [3.8, 4) is 5.75 Å². The Kier molecular flexibility index (Phi) is 6.02. The van der Waals surface area contributed by atoms with Gasteiger partial charge in [0.2, 0.25) is 15.9 Å². The normalized spacial score (nSPS) is 17.6. The maximum Gasteiger partial charge on any atom is 0.241 e. The Labute approximate surface area is 181 Å². The second-order valence-electron chi connectivity index (χ2n) is 8.10. The number of sulfonamides is 1. The first-order valence-electron chi connectivity index (χ1n) is 9.37. The van der Waals surface area contributed by atoms with Crippen LogP contribution in [0, 0.1) is 12.7 Å². The lowest BCUT2D eigenvalue weighted by Crippen LogP contribution is -2.45. The van der Waals surface area contributed by atoms with Crippen molar-refractivity contribution < 1.29 is 22.3 Å². The van der Waals surface area contributed by atoms with Gasteiger partial charge in [-0.1, -0.05) is 29.3 Å². The monoisotopic (exact) mass is 454 g/mol. The first kappa shape index (κ1) is 22.4. The number of benzene rings is 2. The molecule has 162 valence electrons. The van der Waals surface area contributed by atoms with E-state index < -0.39 is 33.9 Å². The molecule has 30 heavy (non-hydrogen) atoms. The Bertz CT molecular complexity index is 1090. The number of ether oxygens (including phenoxy) is 1. The second-order valence-corrected chi connectivity index (χ2v) is 10.4. The molecule has 0 radical (unpaired) electrons. The summed E-state index contributed by atoms with van der Waals surface area (Å²) >= 11 is 5.79. The predicted molar refractivity (Wildman–Crippen MR) is 115 cm³/mol. The number of carbonyl (C=O) groups is 1. The summed E-state index contributed by atoms with van der Waals surface area (Å²) in [6.07, 6.45) is 1.50.